The van der Waals surface area contributed by atoms with E-state index in [1.165, 1.54) is 25.2 Å². The second kappa shape index (κ2) is 4.14. The molecule has 1 amide bonds. The van der Waals surface area contributed by atoms with E-state index >= 15 is 0 Å². The summed E-state index contributed by atoms with van der Waals surface area (Å²) < 4.78 is 17.5. The Morgan fingerprint density at radius 3 is 2.69 bits per heavy atom. The van der Waals surface area contributed by atoms with Crippen LogP contribution in [0.4, 0.5) is 4.39 Å². The number of benzene rings is 1. The summed E-state index contributed by atoms with van der Waals surface area (Å²) in [4.78, 5) is 11.2. The van der Waals surface area contributed by atoms with Gasteiger partial charge in [0.05, 0.1) is 0 Å². The first-order valence-corrected chi connectivity index (χ1v) is 4.65. The zero-order valence-corrected chi connectivity index (χ0v) is 8.53. The molecule has 0 spiro atoms. The molecule has 0 unspecified atom stereocenters. The molecule has 0 fully saturated rings. The maximum Gasteiger partial charge on any atom is 0.289 e. The number of hydrogen-bond donors (Lipinski definition) is 1. The van der Waals surface area contributed by atoms with Gasteiger partial charge in [-0.1, -0.05) is 5.16 Å². The van der Waals surface area contributed by atoms with Crippen LogP contribution in [-0.2, 0) is 0 Å². The molecule has 82 valence electrons. The summed E-state index contributed by atoms with van der Waals surface area (Å²) >= 11 is 0. The van der Waals surface area contributed by atoms with Gasteiger partial charge in [0, 0.05) is 18.7 Å². The van der Waals surface area contributed by atoms with Gasteiger partial charge in [0.1, 0.15) is 11.5 Å². The SMILES string of the molecule is CNC(=O)c1cc(-c2ccc(F)cc2)no1. The van der Waals surface area contributed by atoms with Crippen molar-refractivity contribution in [3.05, 3.63) is 41.9 Å². The summed E-state index contributed by atoms with van der Waals surface area (Å²) in [7, 11) is 1.50. The largest absolute Gasteiger partial charge is 0.352 e. The predicted molar refractivity (Wildman–Crippen MR) is 55.3 cm³/mol. The lowest BCUT2D eigenvalue weighted by Gasteiger charge is -1.93. The Morgan fingerprint density at radius 2 is 2.06 bits per heavy atom. The monoisotopic (exact) mass is 220 g/mol. The molecule has 16 heavy (non-hydrogen) atoms. The molecule has 0 aliphatic heterocycles. The maximum atomic E-state index is 12.7. The van der Waals surface area contributed by atoms with E-state index in [2.05, 4.69) is 10.5 Å². The van der Waals surface area contributed by atoms with Crippen LogP contribution in [0.15, 0.2) is 34.9 Å². The molecule has 1 N–H and O–H groups in total. The third kappa shape index (κ3) is 1.93. The van der Waals surface area contributed by atoms with Crippen LogP contribution in [0.1, 0.15) is 10.6 Å². The van der Waals surface area contributed by atoms with E-state index in [1.54, 1.807) is 12.1 Å². The zero-order valence-electron chi connectivity index (χ0n) is 8.53. The molecule has 0 saturated heterocycles. The van der Waals surface area contributed by atoms with Crippen molar-refractivity contribution in [2.75, 3.05) is 7.05 Å². The molecule has 2 aromatic rings. The Labute approximate surface area is 91.1 Å². The molecular weight excluding hydrogens is 211 g/mol. The Hall–Kier alpha value is -2.17. The topological polar surface area (TPSA) is 55.1 Å². The van der Waals surface area contributed by atoms with Crippen LogP contribution < -0.4 is 5.32 Å². The van der Waals surface area contributed by atoms with Crippen molar-refractivity contribution in [3.63, 3.8) is 0 Å². The molecule has 1 aromatic carbocycles. The Morgan fingerprint density at radius 1 is 1.38 bits per heavy atom. The molecule has 1 aromatic heterocycles. The lowest BCUT2D eigenvalue weighted by Crippen LogP contribution is -2.16. The predicted octanol–water partition coefficient (Wildman–Crippen LogP) is 1.84. The van der Waals surface area contributed by atoms with Gasteiger partial charge >= 0.3 is 0 Å². The molecule has 1 heterocycles. The van der Waals surface area contributed by atoms with Gasteiger partial charge in [-0.2, -0.15) is 0 Å². The van der Waals surface area contributed by atoms with Crippen molar-refractivity contribution >= 4 is 5.91 Å². The van der Waals surface area contributed by atoms with Crippen molar-refractivity contribution in [2.45, 2.75) is 0 Å². The molecule has 5 heteroatoms. The highest BCUT2D eigenvalue weighted by molar-refractivity contribution is 5.92. The third-order valence-electron chi connectivity index (χ3n) is 2.10. The van der Waals surface area contributed by atoms with Crippen molar-refractivity contribution in [3.8, 4) is 11.3 Å². The molecular formula is C11H9FN2O2. The van der Waals surface area contributed by atoms with Crippen LogP contribution >= 0.6 is 0 Å². The average Bonchev–Trinajstić information content (AvgIpc) is 2.78. The number of rotatable bonds is 2. The number of hydrogen-bond acceptors (Lipinski definition) is 3. The standard InChI is InChI=1S/C11H9FN2O2/c1-13-11(15)10-6-9(14-16-10)7-2-4-8(12)5-3-7/h2-6H,1H3,(H,13,15). The number of aromatic nitrogens is 1. The molecule has 0 radical (unpaired) electrons. The normalized spacial score (nSPS) is 10.1. The molecule has 0 bridgehead atoms. The summed E-state index contributed by atoms with van der Waals surface area (Å²) in [5.41, 5.74) is 1.19. The van der Waals surface area contributed by atoms with Gasteiger partial charge in [0.15, 0.2) is 0 Å². The van der Waals surface area contributed by atoms with Gasteiger partial charge in [0.25, 0.3) is 5.91 Å². The molecule has 0 aliphatic rings. The van der Waals surface area contributed by atoms with Crippen LogP contribution in [0.5, 0.6) is 0 Å². The second-order valence-electron chi connectivity index (χ2n) is 3.16. The van der Waals surface area contributed by atoms with Crippen LogP contribution in [0.2, 0.25) is 0 Å². The highest BCUT2D eigenvalue weighted by atomic mass is 19.1. The fourth-order valence-electron chi connectivity index (χ4n) is 1.26. The van der Waals surface area contributed by atoms with Crippen molar-refractivity contribution in [1.82, 2.24) is 10.5 Å². The van der Waals surface area contributed by atoms with E-state index in [1.807, 2.05) is 0 Å². The van der Waals surface area contributed by atoms with Crippen LogP contribution in [-0.4, -0.2) is 18.1 Å². The lowest BCUT2D eigenvalue weighted by molar-refractivity contribution is 0.0926. The minimum absolute atomic E-state index is 0.127. The van der Waals surface area contributed by atoms with Gasteiger partial charge in [-0.15, -0.1) is 0 Å². The highest BCUT2D eigenvalue weighted by Crippen LogP contribution is 2.19. The van der Waals surface area contributed by atoms with Gasteiger partial charge in [-0.3, -0.25) is 4.79 Å². The summed E-state index contributed by atoms with van der Waals surface area (Å²) in [5.74, 6) is -0.540. The van der Waals surface area contributed by atoms with E-state index < -0.39 is 0 Å². The lowest BCUT2D eigenvalue weighted by atomic mass is 10.1. The smallest absolute Gasteiger partial charge is 0.289 e. The number of halogens is 1. The van der Waals surface area contributed by atoms with Gasteiger partial charge in [0.2, 0.25) is 5.76 Å². The van der Waals surface area contributed by atoms with Crippen molar-refractivity contribution < 1.29 is 13.7 Å². The van der Waals surface area contributed by atoms with Crippen molar-refractivity contribution in [1.29, 1.82) is 0 Å². The van der Waals surface area contributed by atoms with Crippen LogP contribution in [0.25, 0.3) is 11.3 Å². The zero-order chi connectivity index (χ0) is 11.5. The first-order chi connectivity index (χ1) is 7.70. The van der Waals surface area contributed by atoms with Crippen LogP contribution in [0.3, 0.4) is 0 Å². The van der Waals surface area contributed by atoms with E-state index in [0.717, 1.165) is 0 Å². The van der Waals surface area contributed by atoms with E-state index in [-0.39, 0.29) is 17.5 Å². The third-order valence-corrected chi connectivity index (χ3v) is 2.10. The summed E-state index contributed by atoms with van der Waals surface area (Å²) in [6, 6.07) is 7.29. The number of amides is 1. The van der Waals surface area contributed by atoms with E-state index in [4.69, 9.17) is 4.52 Å². The Bertz CT molecular complexity index is 505. The maximum absolute atomic E-state index is 12.7. The first-order valence-electron chi connectivity index (χ1n) is 4.65. The molecule has 0 atom stereocenters. The Balaban J connectivity index is 2.31. The molecule has 2 rings (SSSR count). The highest BCUT2D eigenvalue weighted by Gasteiger charge is 2.12. The molecule has 0 aliphatic carbocycles. The summed E-state index contributed by atoms with van der Waals surface area (Å²) in [5, 5.41) is 6.15. The van der Waals surface area contributed by atoms with Crippen LogP contribution in [0, 0.1) is 5.82 Å². The van der Waals surface area contributed by atoms with Gasteiger partial charge < -0.3 is 9.84 Å². The first kappa shape index (κ1) is 10.4. The van der Waals surface area contributed by atoms with Crippen molar-refractivity contribution in [2.24, 2.45) is 0 Å². The van der Waals surface area contributed by atoms with E-state index in [9.17, 15) is 9.18 Å². The quantitative estimate of drug-likeness (QED) is 0.840. The molecule has 4 nitrogen and oxygen atoms in total. The van der Waals surface area contributed by atoms with Gasteiger partial charge in [-0.05, 0) is 24.3 Å². The number of carbonyl (C=O) groups is 1. The number of nitrogens with one attached hydrogen (secondary N) is 1. The van der Waals surface area contributed by atoms with E-state index in [0.29, 0.717) is 11.3 Å². The fourth-order valence-corrected chi connectivity index (χ4v) is 1.26. The summed E-state index contributed by atoms with van der Waals surface area (Å²) in [6.45, 7) is 0. The van der Waals surface area contributed by atoms with Gasteiger partial charge in [-0.25, -0.2) is 4.39 Å². The molecule has 0 saturated carbocycles. The summed E-state index contributed by atoms with van der Waals surface area (Å²) in [6.07, 6.45) is 0. The minimum Gasteiger partial charge on any atom is -0.352 e. The Kier molecular flexibility index (Phi) is 2.68. The fraction of sp³-hybridized carbons (Fsp3) is 0.0909. The second-order valence-corrected chi connectivity index (χ2v) is 3.16. The number of carbonyl (C=O) groups excluding carboxylic acids is 1. The number of nitrogens with zero attached hydrogens (tertiary/aromatic N) is 1. The minimum atomic E-state index is -0.346. The average molecular weight is 220 g/mol.